The average molecular weight is 293 g/mol. The Morgan fingerprint density at radius 3 is 2.67 bits per heavy atom. The summed E-state index contributed by atoms with van der Waals surface area (Å²) in [5.41, 5.74) is 1.13. The summed E-state index contributed by atoms with van der Waals surface area (Å²) in [6.45, 7) is 8.06. The molecule has 0 saturated heterocycles. The maximum Gasteiger partial charge on any atom is 0.170 e. The number of halogens is 1. The lowest BCUT2D eigenvalue weighted by Gasteiger charge is -2.39. The van der Waals surface area contributed by atoms with Gasteiger partial charge in [-0.2, -0.15) is 0 Å². The summed E-state index contributed by atoms with van der Waals surface area (Å²) in [5, 5.41) is 3.18. The van der Waals surface area contributed by atoms with Crippen molar-refractivity contribution in [3.05, 3.63) is 23.6 Å². The molecule has 21 heavy (non-hydrogen) atoms. The van der Waals surface area contributed by atoms with Gasteiger partial charge in [-0.1, -0.05) is 20.8 Å². The van der Waals surface area contributed by atoms with Crippen molar-refractivity contribution in [2.24, 2.45) is 5.41 Å². The van der Waals surface area contributed by atoms with E-state index in [1.807, 2.05) is 18.9 Å². The fraction of sp³-hybridized carbons (Fsp3) is 0.706. The Kier molecular flexibility index (Phi) is 5.20. The number of anilines is 1. The highest BCUT2D eigenvalue weighted by Crippen LogP contribution is 2.37. The molecule has 0 spiro atoms. The van der Waals surface area contributed by atoms with E-state index in [4.69, 9.17) is 0 Å². The van der Waals surface area contributed by atoms with E-state index in [0.29, 0.717) is 29.4 Å². The van der Waals surface area contributed by atoms with E-state index in [2.05, 4.69) is 24.1 Å². The molecule has 2 rings (SSSR count). The maximum absolute atomic E-state index is 14.6. The van der Waals surface area contributed by atoms with Crippen molar-refractivity contribution in [2.75, 3.05) is 18.5 Å². The van der Waals surface area contributed by atoms with Crippen LogP contribution in [0, 0.1) is 11.2 Å². The predicted molar refractivity (Wildman–Crippen MR) is 86.0 cm³/mol. The second-order valence-corrected chi connectivity index (χ2v) is 6.89. The number of hydrogen-bond donors (Lipinski definition) is 1. The summed E-state index contributed by atoms with van der Waals surface area (Å²) in [6, 6.07) is 2.16. The van der Waals surface area contributed by atoms with Crippen molar-refractivity contribution in [1.29, 1.82) is 0 Å². The molecule has 3 nitrogen and oxygen atoms in total. The van der Waals surface area contributed by atoms with Gasteiger partial charge in [0, 0.05) is 31.4 Å². The van der Waals surface area contributed by atoms with Crippen LogP contribution in [0.3, 0.4) is 0 Å². The quantitative estimate of drug-likeness (QED) is 0.896. The normalized spacial score (nSPS) is 18.7. The van der Waals surface area contributed by atoms with Gasteiger partial charge in [0.15, 0.2) is 11.6 Å². The molecule has 1 N–H and O–H groups in total. The first-order valence-electron chi connectivity index (χ1n) is 8.01. The number of pyridine rings is 1. The van der Waals surface area contributed by atoms with Crippen LogP contribution < -0.4 is 10.2 Å². The Morgan fingerprint density at radius 1 is 1.38 bits per heavy atom. The van der Waals surface area contributed by atoms with Gasteiger partial charge < -0.3 is 10.2 Å². The van der Waals surface area contributed by atoms with Crippen LogP contribution in [-0.2, 0) is 6.54 Å². The van der Waals surface area contributed by atoms with Crippen molar-refractivity contribution in [3.8, 4) is 0 Å². The zero-order valence-corrected chi connectivity index (χ0v) is 13.7. The molecule has 0 amide bonds. The molecular weight excluding hydrogens is 265 g/mol. The van der Waals surface area contributed by atoms with E-state index < -0.39 is 0 Å². The molecule has 1 saturated carbocycles. The molecule has 0 aromatic carbocycles. The van der Waals surface area contributed by atoms with Crippen LogP contribution in [0.15, 0.2) is 12.3 Å². The van der Waals surface area contributed by atoms with Gasteiger partial charge in [0.2, 0.25) is 0 Å². The summed E-state index contributed by atoms with van der Waals surface area (Å²) in [4.78, 5) is 6.32. The molecule has 0 unspecified atom stereocenters. The van der Waals surface area contributed by atoms with Gasteiger partial charge >= 0.3 is 0 Å². The van der Waals surface area contributed by atoms with E-state index in [9.17, 15) is 4.39 Å². The largest absolute Gasteiger partial charge is 0.354 e. The number of aromatic nitrogens is 1. The Morgan fingerprint density at radius 2 is 2.05 bits per heavy atom. The van der Waals surface area contributed by atoms with Crippen molar-refractivity contribution < 1.29 is 4.39 Å². The lowest BCUT2D eigenvalue weighted by atomic mass is 9.75. The fourth-order valence-electron chi connectivity index (χ4n) is 3.06. The minimum atomic E-state index is -0.175. The van der Waals surface area contributed by atoms with Gasteiger partial charge in [-0.25, -0.2) is 9.37 Å². The van der Waals surface area contributed by atoms with Gasteiger partial charge in [-0.3, -0.25) is 0 Å². The van der Waals surface area contributed by atoms with Crippen molar-refractivity contribution in [3.63, 3.8) is 0 Å². The molecule has 0 bridgehead atoms. The van der Waals surface area contributed by atoms with Gasteiger partial charge in [-0.15, -0.1) is 0 Å². The summed E-state index contributed by atoms with van der Waals surface area (Å²) in [7, 11) is 1.98. The van der Waals surface area contributed by atoms with Gasteiger partial charge in [0.1, 0.15) is 0 Å². The van der Waals surface area contributed by atoms with E-state index in [0.717, 1.165) is 19.4 Å². The van der Waals surface area contributed by atoms with Gasteiger partial charge in [0.25, 0.3) is 0 Å². The van der Waals surface area contributed by atoms with E-state index >= 15 is 0 Å². The Bertz CT molecular complexity index is 463. The van der Waals surface area contributed by atoms with Crippen LogP contribution in [0.4, 0.5) is 10.2 Å². The molecule has 1 aliphatic rings. The highest BCUT2D eigenvalue weighted by atomic mass is 19.1. The number of hydrogen-bond acceptors (Lipinski definition) is 3. The highest BCUT2D eigenvalue weighted by molar-refractivity contribution is 5.43. The summed E-state index contributed by atoms with van der Waals surface area (Å²) < 4.78 is 14.6. The third-order valence-electron chi connectivity index (χ3n) is 4.71. The summed E-state index contributed by atoms with van der Waals surface area (Å²) >= 11 is 0. The fourth-order valence-corrected chi connectivity index (χ4v) is 3.06. The average Bonchev–Trinajstić information content (AvgIpc) is 2.45. The monoisotopic (exact) mass is 293 g/mol. The molecule has 1 aromatic rings. The molecule has 1 fully saturated rings. The lowest BCUT2D eigenvalue weighted by Crippen LogP contribution is -2.38. The molecular formula is C17H28FN3. The second-order valence-electron chi connectivity index (χ2n) is 6.89. The van der Waals surface area contributed by atoms with Crippen molar-refractivity contribution in [2.45, 2.75) is 59.0 Å². The molecule has 0 aliphatic heterocycles. The Labute approximate surface area is 127 Å². The van der Waals surface area contributed by atoms with Crippen molar-refractivity contribution in [1.82, 2.24) is 10.3 Å². The lowest BCUT2D eigenvalue weighted by molar-refractivity contribution is 0.222. The third-order valence-corrected chi connectivity index (χ3v) is 4.71. The molecule has 0 radical (unpaired) electrons. The smallest absolute Gasteiger partial charge is 0.170 e. The number of nitrogens with zero attached hydrogens (tertiary/aromatic N) is 2. The Hall–Kier alpha value is -1.16. The minimum Gasteiger partial charge on any atom is -0.354 e. The zero-order chi connectivity index (χ0) is 15.5. The molecule has 4 heteroatoms. The standard InChI is InChI=1S/C17H28FN3/c1-5-19-12-13-8-11-20-16(15(13)18)21(4)14-6-9-17(2,3)10-7-14/h8,11,14,19H,5-7,9-10,12H2,1-4H3. The zero-order valence-electron chi connectivity index (χ0n) is 13.7. The summed E-state index contributed by atoms with van der Waals surface area (Å²) in [5.74, 6) is 0.320. The van der Waals surface area contributed by atoms with Crippen molar-refractivity contribution >= 4 is 5.82 Å². The number of rotatable bonds is 5. The third kappa shape index (κ3) is 3.94. The second kappa shape index (κ2) is 6.73. The molecule has 1 aliphatic carbocycles. The van der Waals surface area contributed by atoms with Crippen LogP contribution in [0.25, 0.3) is 0 Å². The van der Waals surface area contributed by atoms with Crippen LogP contribution in [0.5, 0.6) is 0 Å². The SMILES string of the molecule is CCNCc1ccnc(N(C)C2CCC(C)(C)CC2)c1F. The van der Waals surface area contributed by atoms with E-state index in [-0.39, 0.29) is 5.82 Å². The summed E-state index contributed by atoms with van der Waals surface area (Å²) in [6.07, 6.45) is 6.33. The number of nitrogens with one attached hydrogen (secondary N) is 1. The van der Waals surface area contributed by atoms with E-state index in [1.54, 1.807) is 12.3 Å². The maximum atomic E-state index is 14.6. The van der Waals surface area contributed by atoms with Crippen LogP contribution in [0.2, 0.25) is 0 Å². The van der Waals surface area contributed by atoms with Crippen LogP contribution in [0.1, 0.15) is 52.0 Å². The predicted octanol–water partition coefficient (Wildman–Crippen LogP) is 3.74. The van der Waals surface area contributed by atoms with Crippen LogP contribution in [-0.4, -0.2) is 24.6 Å². The minimum absolute atomic E-state index is 0.175. The molecule has 1 aromatic heterocycles. The van der Waals surface area contributed by atoms with Gasteiger partial charge in [0.05, 0.1) is 0 Å². The molecule has 1 heterocycles. The molecule has 0 atom stereocenters. The first-order chi connectivity index (χ1) is 9.94. The van der Waals surface area contributed by atoms with Gasteiger partial charge in [-0.05, 0) is 43.7 Å². The topological polar surface area (TPSA) is 28.2 Å². The first kappa shape index (κ1) is 16.2. The highest BCUT2D eigenvalue weighted by Gasteiger charge is 2.30. The van der Waals surface area contributed by atoms with E-state index in [1.165, 1.54) is 12.8 Å². The molecule has 118 valence electrons. The first-order valence-corrected chi connectivity index (χ1v) is 8.01. The van der Waals surface area contributed by atoms with Crippen LogP contribution >= 0.6 is 0 Å². The Balaban J connectivity index is 2.10.